The molecule has 4 bridgehead atoms. The quantitative estimate of drug-likeness (QED) is 0.803. The van der Waals surface area contributed by atoms with Gasteiger partial charge in [0.25, 0.3) is 10.0 Å². The molecule has 5 unspecified atom stereocenters. The van der Waals surface area contributed by atoms with E-state index in [9.17, 15) is 8.42 Å². The molecule has 0 aromatic heterocycles. The van der Waals surface area contributed by atoms with Gasteiger partial charge in [0.2, 0.25) is 0 Å². The van der Waals surface area contributed by atoms with E-state index in [0.717, 1.165) is 17.4 Å². The third kappa shape index (κ3) is 1.76. The van der Waals surface area contributed by atoms with Gasteiger partial charge in [-0.1, -0.05) is 36.1 Å². The first-order valence-corrected chi connectivity index (χ1v) is 9.00. The van der Waals surface area contributed by atoms with E-state index in [4.69, 9.17) is 0 Å². The predicted octanol–water partition coefficient (Wildman–Crippen LogP) is 3.43. The van der Waals surface area contributed by atoms with Gasteiger partial charge in [0.15, 0.2) is 0 Å². The molecule has 4 saturated carbocycles. The largest absolute Gasteiger partial charge is 0.299 e. The average molecular weight is 304 g/mol. The average Bonchev–Trinajstić information content (AvgIpc) is 2.83. The van der Waals surface area contributed by atoms with Crippen molar-refractivity contribution in [1.29, 1.82) is 0 Å². The van der Waals surface area contributed by atoms with Gasteiger partial charge in [-0.15, -0.1) is 0 Å². The van der Waals surface area contributed by atoms with E-state index in [1.54, 1.807) is 24.3 Å². The standard InChI is InChI=1S/C16H20N2O2S/c1-9-4-6-10(7-5-9)21(19,20)18-17-15-12-8-11-13(15)14(11)16(12,2)3/h4-7,11-15H,8H2,1-3H3. The smallest absolute Gasteiger partial charge is 0.198 e. The number of aryl methyl sites for hydroxylation is 1. The zero-order valence-corrected chi connectivity index (χ0v) is 13.3. The van der Waals surface area contributed by atoms with Crippen LogP contribution < -0.4 is 0 Å². The Bertz CT molecular complexity index is 721. The summed E-state index contributed by atoms with van der Waals surface area (Å²) in [5.41, 5.74) is 1.34. The molecule has 4 nitrogen and oxygen atoms in total. The van der Waals surface area contributed by atoms with Gasteiger partial charge in [-0.25, -0.2) is 0 Å². The van der Waals surface area contributed by atoms with Crippen LogP contribution in [0.25, 0.3) is 0 Å². The maximum Gasteiger partial charge on any atom is 0.299 e. The Morgan fingerprint density at radius 1 is 1.19 bits per heavy atom. The Morgan fingerprint density at radius 3 is 2.33 bits per heavy atom. The SMILES string of the molecule is Cc1ccc(S(=O)(=O)N=NC2C3C4CC2C(C)(C)C43)cc1. The normalized spacial score (nSPS) is 39.1. The molecule has 5 heteroatoms. The molecule has 0 amide bonds. The fraction of sp³-hybridized carbons (Fsp3) is 0.625. The Labute approximate surface area is 125 Å². The second-order valence-corrected chi connectivity index (χ2v) is 8.99. The van der Waals surface area contributed by atoms with Crippen LogP contribution in [-0.4, -0.2) is 14.5 Å². The minimum Gasteiger partial charge on any atom is -0.198 e. The van der Waals surface area contributed by atoms with Crippen molar-refractivity contribution in [3.05, 3.63) is 29.8 Å². The monoisotopic (exact) mass is 304 g/mol. The zero-order valence-electron chi connectivity index (χ0n) is 12.5. The first kappa shape index (κ1) is 13.4. The molecule has 5 rings (SSSR count). The number of hydrogen-bond donors (Lipinski definition) is 0. The molecule has 0 N–H and O–H groups in total. The molecule has 0 heterocycles. The predicted molar refractivity (Wildman–Crippen MR) is 79.4 cm³/mol. The fourth-order valence-electron chi connectivity index (χ4n) is 4.94. The molecular weight excluding hydrogens is 284 g/mol. The van der Waals surface area contributed by atoms with Crippen LogP contribution in [0.5, 0.6) is 0 Å². The van der Waals surface area contributed by atoms with Crippen LogP contribution in [0.3, 0.4) is 0 Å². The molecule has 1 aromatic rings. The van der Waals surface area contributed by atoms with Gasteiger partial charge in [-0.3, -0.25) is 0 Å². The van der Waals surface area contributed by atoms with Gasteiger partial charge in [0.1, 0.15) is 0 Å². The molecule has 112 valence electrons. The van der Waals surface area contributed by atoms with Crippen LogP contribution in [0.2, 0.25) is 0 Å². The van der Waals surface area contributed by atoms with Crippen LogP contribution in [-0.2, 0) is 10.0 Å². The zero-order chi connectivity index (χ0) is 15.0. The van der Waals surface area contributed by atoms with Crippen LogP contribution in [0, 0.1) is 36.0 Å². The van der Waals surface area contributed by atoms with Crippen molar-refractivity contribution < 1.29 is 8.42 Å². The van der Waals surface area contributed by atoms with Crippen molar-refractivity contribution in [2.24, 2.45) is 38.7 Å². The Kier molecular flexibility index (Phi) is 2.52. The van der Waals surface area contributed by atoms with E-state index in [-0.39, 0.29) is 10.9 Å². The lowest BCUT2D eigenvalue weighted by atomic mass is 9.82. The lowest BCUT2D eigenvalue weighted by Gasteiger charge is -2.24. The highest BCUT2D eigenvalue weighted by Crippen LogP contribution is 2.78. The summed E-state index contributed by atoms with van der Waals surface area (Å²) in [5, 5.41) is 4.27. The van der Waals surface area contributed by atoms with E-state index in [0.29, 0.717) is 17.3 Å². The molecule has 1 aromatic carbocycles. The van der Waals surface area contributed by atoms with Crippen LogP contribution in [0.15, 0.2) is 38.8 Å². The van der Waals surface area contributed by atoms with Gasteiger partial charge in [-0.05, 0) is 54.6 Å². The van der Waals surface area contributed by atoms with E-state index in [2.05, 4.69) is 23.5 Å². The second-order valence-electron chi connectivity index (χ2n) is 7.41. The minimum atomic E-state index is -3.65. The van der Waals surface area contributed by atoms with E-state index in [1.165, 1.54) is 6.42 Å². The molecule has 0 aliphatic heterocycles. The summed E-state index contributed by atoms with van der Waals surface area (Å²) in [7, 11) is -3.65. The van der Waals surface area contributed by atoms with Crippen molar-refractivity contribution in [2.45, 2.75) is 38.1 Å². The number of nitrogens with zero attached hydrogens (tertiary/aromatic N) is 2. The third-order valence-corrected chi connectivity index (χ3v) is 7.16. The lowest BCUT2D eigenvalue weighted by Crippen LogP contribution is -2.21. The maximum atomic E-state index is 12.2. The molecule has 0 spiro atoms. The Morgan fingerprint density at radius 2 is 1.86 bits per heavy atom. The Balaban J connectivity index is 1.58. The third-order valence-electron chi connectivity index (χ3n) is 5.98. The topological polar surface area (TPSA) is 58.9 Å². The number of sulfonamides is 1. The second kappa shape index (κ2) is 3.94. The molecule has 4 fully saturated rings. The summed E-state index contributed by atoms with van der Waals surface area (Å²) in [5.74, 6) is 2.61. The number of benzene rings is 1. The summed E-state index contributed by atoms with van der Waals surface area (Å²) >= 11 is 0. The van der Waals surface area contributed by atoms with Gasteiger partial charge < -0.3 is 0 Å². The highest BCUT2D eigenvalue weighted by molar-refractivity contribution is 7.90. The molecule has 0 radical (unpaired) electrons. The molecule has 5 atom stereocenters. The van der Waals surface area contributed by atoms with Gasteiger partial charge in [0, 0.05) is 0 Å². The molecule has 0 saturated heterocycles. The van der Waals surface area contributed by atoms with Gasteiger partial charge in [-0.2, -0.15) is 13.5 Å². The van der Waals surface area contributed by atoms with Crippen LogP contribution >= 0.6 is 0 Å². The first-order chi connectivity index (χ1) is 9.82. The Hall–Kier alpha value is -1.23. The molecule has 4 aliphatic carbocycles. The van der Waals surface area contributed by atoms with Crippen LogP contribution in [0.1, 0.15) is 25.8 Å². The van der Waals surface area contributed by atoms with Gasteiger partial charge in [0.05, 0.1) is 10.9 Å². The summed E-state index contributed by atoms with van der Waals surface area (Å²) in [4.78, 5) is 0.230. The van der Waals surface area contributed by atoms with Crippen LogP contribution in [0.4, 0.5) is 0 Å². The number of hydrogen-bond acceptors (Lipinski definition) is 3. The minimum absolute atomic E-state index is 0.121. The summed E-state index contributed by atoms with van der Waals surface area (Å²) in [6.45, 7) is 6.53. The highest BCUT2D eigenvalue weighted by atomic mass is 32.2. The van der Waals surface area contributed by atoms with Crippen molar-refractivity contribution in [1.82, 2.24) is 0 Å². The van der Waals surface area contributed by atoms with Crippen molar-refractivity contribution in [3.63, 3.8) is 0 Å². The summed E-state index contributed by atoms with van der Waals surface area (Å²) in [6, 6.07) is 6.89. The van der Waals surface area contributed by atoms with Crippen molar-refractivity contribution in [3.8, 4) is 0 Å². The number of rotatable bonds is 3. The first-order valence-electron chi connectivity index (χ1n) is 7.56. The van der Waals surface area contributed by atoms with E-state index < -0.39 is 10.0 Å². The van der Waals surface area contributed by atoms with E-state index >= 15 is 0 Å². The summed E-state index contributed by atoms with van der Waals surface area (Å²) in [6.07, 6.45) is 1.20. The molecule has 4 aliphatic rings. The van der Waals surface area contributed by atoms with Crippen molar-refractivity contribution >= 4 is 10.0 Å². The van der Waals surface area contributed by atoms with Gasteiger partial charge >= 0.3 is 0 Å². The molecular formula is C16H20N2O2S. The van der Waals surface area contributed by atoms with E-state index in [1.807, 2.05) is 6.92 Å². The van der Waals surface area contributed by atoms with Crippen molar-refractivity contribution in [2.75, 3.05) is 0 Å². The fourth-order valence-corrected chi connectivity index (χ4v) is 5.75. The maximum absolute atomic E-state index is 12.2. The lowest BCUT2D eigenvalue weighted by molar-refractivity contribution is 0.257. The summed E-state index contributed by atoms with van der Waals surface area (Å²) < 4.78 is 28.2. The highest BCUT2D eigenvalue weighted by Gasteiger charge is 2.77. The molecule has 21 heavy (non-hydrogen) atoms.